The Labute approximate surface area is 204 Å². The third kappa shape index (κ3) is 12.4. The van der Waals surface area contributed by atoms with E-state index in [0.29, 0.717) is 12.1 Å². The fraction of sp³-hybridized carbons (Fsp3) is 0.545. The maximum atomic E-state index is 13.0. The average molecular weight is 516 g/mol. The smallest absolute Gasteiger partial charge is 0.481 e. The zero-order valence-electron chi connectivity index (χ0n) is 20.1. The van der Waals surface area contributed by atoms with E-state index in [9.17, 15) is 23.7 Å². The Balaban J connectivity index is 2.98. The number of amides is 3. The number of phosphoric ester groups is 1. The molecule has 196 valence electrons. The van der Waals surface area contributed by atoms with Gasteiger partial charge in [-0.15, -0.1) is 0 Å². The SMILES string of the molecule is CCCCCN(C)C(=O)[C@H](CCC(=O)O)NC(=O)[C@H](Cc1ccc(OP(=O)(O)O)cc1)NC(C)=O. The van der Waals surface area contributed by atoms with Crippen molar-refractivity contribution in [2.24, 2.45) is 0 Å². The van der Waals surface area contributed by atoms with Gasteiger partial charge in [-0.2, -0.15) is 0 Å². The van der Waals surface area contributed by atoms with Gasteiger partial charge in [0, 0.05) is 33.4 Å². The molecule has 0 heterocycles. The van der Waals surface area contributed by atoms with Gasteiger partial charge in [-0.05, 0) is 30.5 Å². The third-order valence-electron chi connectivity index (χ3n) is 5.02. The van der Waals surface area contributed by atoms with Crippen LogP contribution in [0.4, 0.5) is 0 Å². The lowest BCUT2D eigenvalue weighted by atomic mass is 10.0. The van der Waals surface area contributed by atoms with Gasteiger partial charge in [-0.1, -0.05) is 31.9 Å². The highest BCUT2D eigenvalue weighted by atomic mass is 31.2. The average Bonchev–Trinajstić information content (AvgIpc) is 2.75. The zero-order valence-corrected chi connectivity index (χ0v) is 21.0. The van der Waals surface area contributed by atoms with Gasteiger partial charge in [0.05, 0.1) is 0 Å². The zero-order chi connectivity index (χ0) is 26.6. The number of rotatable bonds is 15. The second-order valence-corrected chi connectivity index (χ2v) is 9.31. The topological polar surface area (TPSA) is 183 Å². The van der Waals surface area contributed by atoms with E-state index in [2.05, 4.69) is 15.2 Å². The molecular weight excluding hydrogens is 481 g/mol. The van der Waals surface area contributed by atoms with Crippen LogP contribution in [0.25, 0.3) is 0 Å². The number of unbranched alkanes of at least 4 members (excludes halogenated alkanes) is 2. The number of nitrogens with one attached hydrogen (secondary N) is 2. The van der Waals surface area contributed by atoms with Crippen molar-refractivity contribution < 1.29 is 43.2 Å². The van der Waals surface area contributed by atoms with Gasteiger partial charge >= 0.3 is 13.8 Å². The number of likely N-dealkylation sites (N-methyl/N-ethyl adjacent to an activating group) is 1. The molecule has 0 fully saturated rings. The Morgan fingerprint density at radius 2 is 1.69 bits per heavy atom. The molecule has 0 aliphatic carbocycles. The molecule has 0 radical (unpaired) electrons. The molecule has 0 aliphatic heterocycles. The van der Waals surface area contributed by atoms with E-state index in [0.717, 1.165) is 19.3 Å². The Morgan fingerprint density at radius 3 is 2.20 bits per heavy atom. The monoisotopic (exact) mass is 515 g/mol. The lowest BCUT2D eigenvalue weighted by Gasteiger charge is -2.26. The summed E-state index contributed by atoms with van der Waals surface area (Å²) in [5, 5.41) is 14.1. The first-order valence-electron chi connectivity index (χ1n) is 11.2. The number of aliphatic carboxylic acids is 1. The minimum absolute atomic E-state index is 0.00772. The van der Waals surface area contributed by atoms with Gasteiger partial charge in [0.1, 0.15) is 17.8 Å². The van der Waals surface area contributed by atoms with Gasteiger partial charge in [0.2, 0.25) is 17.7 Å². The van der Waals surface area contributed by atoms with Crippen molar-refractivity contribution in [1.82, 2.24) is 15.5 Å². The Kier molecular flexibility index (Phi) is 12.4. The number of carbonyl (C=O) groups excluding carboxylic acids is 3. The summed E-state index contributed by atoms with van der Waals surface area (Å²) in [5.74, 6) is -2.76. The number of carbonyl (C=O) groups is 4. The summed E-state index contributed by atoms with van der Waals surface area (Å²) >= 11 is 0. The molecule has 1 rings (SSSR count). The van der Waals surface area contributed by atoms with Crippen molar-refractivity contribution in [1.29, 1.82) is 0 Å². The molecule has 12 nitrogen and oxygen atoms in total. The second-order valence-electron chi connectivity index (χ2n) is 8.14. The maximum absolute atomic E-state index is 13.0. The number of nitrogens with zero attached hydrogens (tertiary/aromatic N) is 1. The van der Waals surface area contributed by atoms with E-state index in [-0.39, 0.29) is 25.0 Å². The normalized spacial score (nSPS) is 12.8. The van der Waals surface area contributed by atoms with Crippen LogP contribution in [0.3, 0.4) is 0 Å². The predicted octanol–water partition coefficient (Wildman–Crippen LogP) is 1.20. The molecule has 3 amide bonds. The molecule has 1 aromatic carbocycles. The third-order valence-corrected chi connectivity index (χ3v) is 5.46. The highest BCUT2D eigenvalue weighted by Gasteiger charge is 2.28. The van der Waals surface area contributed by atoms with Crippen molar-refractivity contribution in [2.75, 3.05) is 13.6 Å². The fourth-order valence-corrected chi connectivity index (χ4v) is 3.68. The standard InChI is InChI=1S/C22H34N3O9P/c1-4-5-6-13-25(3)22(30)18(11-12-20(27)28)24-21(29)19(23-15(2)26)14-16-7-9-17(10-8-16)34-35(31,32)33/h7-10,18-19H,4-6,11-14H2,1-3H3,(H,23,26)(H,24,29)(H,27,28)(H2,31,32,33)/t18-,19-/m0/s1. The Bertz CT molecular complexity index is 917. The van der Waals surface area contributed by atoms with Crippen LogP contribution >= 0.6 is 7.82 Å². The highest BCUT2D eigenvalue weighted by molar-refractivity contribution is 7.46. The van der Waals surface area contributed by atoms with Crippen LogP contribution in [-0.4, -0.2) is 69.2 Å². The van der Waals surface area contributed by atoms with E-state index in [4.69, 9.17) is 14.9 Å². The summed E-state index contributed by atoms with van der Waals surface area (Å²) in [6.45, 7) is 3.72. The van der Waals surface area contributed by atoms with Crippen molar-refractivity contribution in [3.63, 3.8) is 0 Å². The molecule has 35 heavy (non-hydrogen) atoms. The van der Waals surface area contributed by atoms with Crippen LogP contribution in [-0.2, 0) is 30.2 Å². The summed E-state index contributed by atoms with van der Waals surface area (Å²) < 4.78 is 15.4. The lowest BCUT2D eigenvalue weighted by Crippen LogP contribution is -2.54. The number of phosphoric acid groups is 1. The number of benzene rings is 1. The minimum atomic E-state index is -4.72. The van der Waals surface area contributed by atoms with E-state index >= 15 is 0 Å². The van der Waals surface area contributed by atoms with Crippen LogP contribution in [0.2, 0.25) is 0 Å². The van der Waals surface area contributed by atoms with Gasteiger partial charge in [-0.25, -0.2) is 4.57 Å². The second kappa shape index (κ2) is 14.4. The molecule has 0 aliphatic rings. The first-order valence-corrected chi connectivity index (χ1v) is 12.7. The highest BCUT2D eigenvalue weighted by Crippen LogP contribution is 2.37. The minimum Gasteiger partial charge on any atom is -0.481 e. The summed E-state index contributed by atoms with van der Waals surface area (Å²) in [7, 11) is -3.13. The van der Waals surface area contributed by atoms with Gasteiger partial charge in [0.15, 0.2) is 0 Å². The van der Waals surface area contributed by atoms with Crippen LogP contribution in [0.5, 0.6) is 5.75 Å². The first-order chi connectivity index (χ1) is 16.3. The quantitative estimate of drug-likeness (QED) is 0.169. The van der Waals surface area contributed by atoms with Crippen LogP contribution in [0.1, 0.15) is 51.5 Å². The summed E-state index contributed by atoms with van der Waals surface area (Å²) in [6, 6.07) is 3.40. The molecule has 2 atom stereocenters. The molecule has 5 N–H and O–H groups in total. The molecule has 13 heteroatoms. The summed E-state index contributed by atoms with van der Waals surface area (Å²) in [5.41, 5.74) is 0.544. The molecule has 0 bridgehead atoms. The number of carboxylic acid groups (broad SMARTS) is 1. The molecule has 0 saturated heterocycles. The fourth-order valence-electron chi connectivity index (χ4n) is 3.29. The number of hydrogen-bond acceptors (Lipinski definition) is 6. The molecule has 1 aromatic rings. The molecule has 0 spiro atoms. The summed E-state index contributed by atoms with van der Waals surface area (Å²) in [4.78, 5) is 67.9. The Morgan fingerprint density at radius 1 is 1.06 bits per heavy atom. The van der Waals surface area contributed by atoms with E-state index in [1.807, 2.05) is 6.92 Å². The van der Waals surface area contributed by atoms with E-state index < -0.39 is 43.6 Å². The van der Waals surface area contributed by atoms with Gasteiger partial charge in [-0.3, -0.25) is 29.0 Å². The van der Waals surface area contributed by atoms with Gasteiger partial charge < -0.3 is 25.2 Å². The van der Waals surface area contributed by atoms with E-state index in [1.165, 1.54) is 36.1 Å². The first kappa shape index (κ1) is 30.1. The van der Waals surface area contributed by atoms with Crippen molar-refractivity contribution in [3.05, 3.63) is 29.8 Å². The molecule has 0 unspecified atom stereocenters. The largest absolute Gasteiger partial charge is 0.524 e. The Hall–Kier alpha value is -2.95. The van der Waals surface area contributed by atoms with Gasteiger partial charge in [0.25, 0.3) is 0 Å². The molecule has 0 saturated carbocycles. The number of carboxylic acids is 1. The van der Waals surface area contributed by atoms with Crippen molar-refractivity contribution in [3.8, 4) is 5.75 Å². The molecular formula is C22H34N3O9P. The van der Waals surface area contributed by atoms with Crippen LogP contribution in [0.15, 0.2) is 24.3 Å². The lowest BCUT2D eigenvalue weighted by molar-refractivity contribution is -0.139. The van der Waals surface area contributed by atoms with Crippen molar-refractivity contribution in [2.45, 2.75) is 64.5 Å². The maximum Gasteiger partial charge on any atom is 0.524 e. The predicted molar refractivity (Wildman–Crippen MR) is 126 cm³/mol. The molecule has 0 aromatic heterocycles. The van der Waals surface area contributed by atoms with Crippen molar-refractivity contribution >= 4 is 31.5 Å². The summed E-state index contributed by atoms with van der Waals surface area (Å²) in [6.07, 6.45) is 2.23. The van der Waals surface area contributed by atoms with Crippen LogP contribution in [0, 0.1) is 0 Å². The number of hydrogen-bond donors (Lipinski definition) is 5. The van der Waals surface area contributed by atoms with E-state index in [1.54, 1.807) is 7.05 Å². The van der Waals surface area contributed by atoms with Crippen LogP contribution < -0.4 is 15.2 Å².